The van der Waals surface area contributed by atoms with E-state index >= 15 is 0 Å². The number of aliphatic hydroxyl groups is 3. The number of carbonyl (C=O) groups is 3. The molecular formula is C25H22Cl2F2N4O7. The molecule has 15 heteroatoms. The first-order valence-corrected chi connectivity index (χ1v) is 12.3. The van der Waals surface area contributed by atoms with Crippen molar-refractivity contribution in [2.45, 2.75) is 43.8 Å². The molecule has 1 aliphatic heterocycles. The van der Waals surface area contributed by atoms with E-state index in [1.165, 1.54) is 24.5 Å². The Morgan fingerprint density at radius 3 is 2.12 bits per heavy atom. The summed E-state index contributed by atoms with van der Waals surface area (Å²) >= 11 is 11.2. The number of aromatic amines is 1. The number of nitrogens with one attached hydrogen (secondary N) is 1. The minimum atomic E-state index is -3.25. The van der Waals surface area contributed by atoms with Gasteiger partial charge in [-0.2, -0.15) is 0 Å². The van der Waals surface area contributed by atoms with Crippen LogP contribution in [0.3, 0.4) is 0 Å². The van der Waals surface area contributed by atoms with Gasteiger partial charge < -0.3 is 29.6 Å². The highest BCUT2D eigenvalue weighted by atomic mass is 35.5. The Labute approximate surface area is 234 Å². The Hall–Kier alpha value is -3.33. The van der Waals surface area contributed by atoms with Crippen LogP contribution in [-0.2, 0) is 19.1 Å². The molecule has 40 heavy (non-hydrogen) atoms. The number of aromatic nitrogens is 4. The van der Waals surface area contributed by atoms with E-state index in [1.807, 2.05) is 0 Å². The third-order valence-corrected chi connectivity index (χ3v) is 7.50. The molecule has 0 amide bonds. The second kappa shape index (κ2) is 10.3. The molecule has 0 radical (unpaired) electrons. The summed E-state index contributed by atoms with van der Waals surface area (Å²) in [6.45, 7) is 1.62. The fourth-order valence-corrected chi connectivity index (χ4v) is 5.00. The molecule has 4 N–H and O–H groups in total. The number of rotatable bonds is 4. The van der Waals surface area contributed by atoms with E-state index in [-0.39, 0.29) is 21.1 Å². The molecule has 1 fully saturated rings. The van der Waals surface area contributed by atoms with Gasteiger partial charge in [0.05, 0.1) is 51.4 Å². The number of ether oxygens (including phenoxy) is 1. The van der Waals surface area contributed by atoms with Crippen molar-refractivity contribution in [3.63, 3.8) is 0 Å². The molecule has 1 aliphatic rings. The molecule has 0 aliphatic carbocycles. The first-order chi connectivity index (χ1) is 18.6. The zero-order valence-corrected chi connectivity index (χ0v) is 22.6. The van der Waals surface area contributed by atoms with Crippen molar-refractivity contribution in [3.05, 3.63) is 58.6 Å². The number of ketones is 3. The van der Waals surface area contributed by atoms with Crippen LogP contribution in [0.5, 0.6) is 0 Å². The summed E-state index contributed by atoms with van der Waals surface area (Å²) in [7, 11) is 0. The first kappa shape index (κ1) is 29.6. The third kappa shape index (κ3) is 4.29. The van der Waals surface area contributed by atoms with Gasteiger partial charge >= 0.3 is 0 Å². The lowest BCUT2D eigenvalue weighted by Gasteiger charge is -2.54. The van der Waals surface area contributed by atoms with E-state index in [9.17, 15) is 38.5 Å². The van der Waals surface area contributed by atoms with Crippen LogP contribution in [-0.4, -0.2) is 75.6 Å². The lowest BCUT2D eigenvalue weighted by Crippen LogP contribution is -2.82. The summed E-state index contributed by atoms with van der Waals surface area (Å²) in [6, 6.07) is 4.97. The van der Waals surface area contributed by atoms with Gasteiger partial charge in [0.25, 0.3) is 0 Å². The first-order valence-electron chi connectivity index (χ1n) is 11.5. The van der Waals surface area contributed by atoms with Crippen LogP contribution in [0, 0.1) is 11.6 Å². The van der Waals surface area contributed by atoms with Crippen molar-refractivity contribution >= 4 is 62.6 Å². The largest absolute Gasteiger partial charge is 0.376 e. The summed E-state index contributed by atoms with van der Waals surface area (Å²) in [5, 5.41) is 33.1. The molecule has 4 atom stereocenters. The van der Waals surface area contributed by atoms with Crippen LogP contribution in [0.2, 0.25) is 10.0 Å². The van der Waals surface area contributed by atoms with E-state index in [2.05, 4.69) is 15.0 Å². The minimum absolute atomic E-state index is 0.0238. The van der Waals surface area contributed by atoms with Gasteiger partial charge in [-0.1, -0.05) is 23.2 Å². The minimum Gasteiger partial charge on any atom is -0.376 e. The quantitative estimate of drug-likeness (QED) is 0.276. The number of nitrogens with zero attached hydrogens (tertiary/aromatic N) is 3. The van der Waals surface area contributed by atoms with Crippen LogP contribution in [0.25, 0.3) is 22.1 Å². The zero-order chi connectivity index (χ0) is 29.8. The van der Waals surface area contributed by atoms with Crippen molar-refractivity contribution in [2.75, 3.05) is 6.61 Å². The molecule has 0 bridgehead atoms. The molecule has 212 valence electrons. The van der Waals surface area contributed by atoms with Gasteiger partial charge in [-0.3, -0.25) is 14.4 Å². The monoisotopic (exact) mass is 598 g/mol. The van der Waals surface area contributed by atoms with Crippen molar-refractivity contribution in [1.82, 2.24) is 19.5 Å². The SMILES string of the molecule is CC(=O)[C@@]1(O)[C@@](O)(C(C)=O)CO[C@@H](n2cnc3cc(Cl)c(F)cc32)[C@@]1(O)C(C)=O.Fc1cc2[nH]cnc2cc1Cl. The highest BCUT2D eigenvalue weighted by Crippen LogP contribution is 2.48. The number of carbonyl (C=O) groups excluding carboxylic acids is 3. The molecular weight excluding hydrogens is 577 g/mol. The molecule has 5 rings (SSSR count). The number of hydrogen-bond donors (Lipinski definition) is 4. The predicted molar refractivity (Wildman–Crippen MR) is 138 cm³/mol. The highest BCUT2D eigenvalue weighted by molar-refractivity contribution is 6.31. The highest BCUT2D eigenvalue weighted by Gasteiger charge is 2.75. The molecule has 0 saturated carbocycles. The molecule has 3 heterocycles. The van der Waals surface area contributed by atoms with Gasteiger partial charge in [-0.25, -0.2) is 18.7 Å². The van der Waals surface area contributed by atoms with E-state index in [0.29, 0.717) is 11.0 Å². The molecule has 4 aromatic rings. The topological polar surface area (TPSA) is 168 Å². The van der Waals surface area contributed by atoms with E-state index < -0.39 is 58.6 Å². The number of fused-ring (bicyclic) bond motifs is 2. The summed E-state index contributed by atoms with van der Waals surface area (Å²) < 4.78 is 33.2. The average molecular weight is 599 g/mol. The van der Waals surface area contributed by atoms with Gasteiger partial charge in [0.2, 0.25) is 11.2 Å². The number of halogens is 4. The van der Waals surface area contributed by atoms with Gasteiger partial charge in [0.15, 0.2) is 29.2 Å². The fourth-order valence-electron chi connectivity index (χ4n) is 4.68. The van der Waals surface area contributed by atoms with Gasteiger partial charge in [0, 0.05) is 12.1 Å². The van der Waals surface area contributed by atoms with Crippen molar-refractivity contribution < 1.29 is 43.2 Å². The smallest absolute Gasteiger partial charge is 0.207 e. The van der Waals surface area contributed by atoms with Crippen molar-refractivity contribution in [2.24, 2.45) is 0 Å². The Morgan fingerprint density at radius 2 is 1.55 bits per heavy atom. The van der Waals surface area contributed by atoms with E-state index in [1.54, 1.807) is 0 Å². The third-order valence-electron chi connectivity index (χ3n) is 6.92. The fraction of sp³-hybridized carbons (Fsp3) is 0.320. The molecule has 11 nitrogen and oxygen atoms in total. The normalized spacial score (nSPS) is 26.4. The van der Waals surface area contributed by atoms with Gasteiger partial charge in [0.1, 0.15) is 11.6 Å². The predicted octanol–water partition coefficient (Wildman–Crippen LogP) is 2.67. The van der Waals surface area contributed by atoms with Crippen molar-refractivity contribution in [3.8, 4) is 0 Å². The standard InChI is InChI=1S/C18H18ClFN2O7.C7H4ClFN2/c1-8(23)16(26)6-29-15(17(27,9(2)24)18(16,28)10(3)25)22-7-21-13-4-11(19)12(20)5-14(13)22;8-4-1-6-7(2-5(4)9)11-3-10-6/h4-5,7,15,26-28H,6H2,1-3H3;1-3H,(H,10,11)/t15-,16+,17+,18-;/m1./s1. The van der Waals surface area contributed by atoms with E-state index in [4.69, 9.17) is 27.9 Å². The van der Waals surface area contributed by atoms with Crippen LogP contribution < -0.4 is 0 Å². The zero-order valence-electron chi connectivity index (χ0n) is 21.1. The Balaban J connectivity index is 0.000000278. The lowest BCUT2D eigenvalue weighted by molar-refractivity contribution is -0.310. The van der Waals surface area contributed by atoms with Crippen LogP contribution in [0.15, 0.2) is 36.9 Å². The Bertz CT molecular complexity index is 1640. The maximum atomic E-state index is 14.0. The van der Waals surface area contributed by atoms with Crippen LogP contribution >= 0.6 is 23.2 Å². The molecule has 0 unspecified atom stereocenters. The van der Waals surface area contributed by atoms with Crippen molar-refractivity contribution in [1.29, 1.82) is 0 Å². The number of benzene rings is 2. The van der Waals surface area contributed by atoms with E-state index in [0.717, 1.165) is 37.7 Å². The summed E-state index contributed by atoms with van der Waals surface area (Å²) in [5.41, 5.74) is -7.73. The van der Waals surface area contributed by atoms with Crippen LogP contribution in [0.1, 0.15) is 27.0 Å². The maximum Gasteiger partial charge on any atom is 0.207 e. The number of imidazole rings is 2. The number of H-pyrrole nitrogens is 1. The molecule has 1 saturated heterocycles. The summed E-state index contributed by atoms with van der Waals surface area (Å²) in [6.07, 6.45) is 0.761. The number of hydrogen-bond acceptors (Lipinski definition) is 9. The van der Waals surface area contributed by atoms with Gasteiger partial charge in [-0.15, -0.1) is 0 Å². The second-order valence-electron chi connectivity index (χ2n) is 9.26. The Morgan fingerprint density at radius 1 is 0.950 bits per heavy atom. The lowest BCUT2D eigenvalue weighted by atomic mass is 9.63. The maximum absolute atomic E-state index is 14.0. The van der Waals surface area contributed by atoms with Gasteiger partial charge in [-0.05, 0) is 32.9 Å². The summed E-state index contributed by atoms with van der Waals surface area (Å²) in [5.74, 6) is -4.76. The number of Topliss-reactive ketones (excluding diaryl/α,β-unsaturated/α-hetero) is 3. The molecule has 2 aromatic heterocycles. The average Bonchev–Trinajstić information content (AvgIpc) is 3.49. The summed E-state index contributed by atoms with van der Waals surface area (Å²) in [4.78, 5) is 47.7. The molecule has 0 spiro atoms. The second-order valence-corrected chi connectivity index (χ2v) is 10.1. The van der Waals surface area contributed by atoms with Crippen LogP contribution in [0.4, 0.5) is 8.78 Å². The molecule has 2 aromatic carbocycles. The Kier molecular flexibility index (Phi) is 7.60.